The average Bonchev–Trinajstić information content (AvgIpc) is 2.44. The number of quaternary nitrogens is 1. The predicted octanol–water partition coefficient (Wildman–Crippen LogP) is -1.52. The molecule has 0 radical (unpaired) electrons. The van der Waals surface area contributed by atoms with Crippen LogP contribution in [0.25, 0.3) is 0 Å². The Hall–Kier alpha value is 0.350. The highest BCUT2D eigenvalue weighted by Crippen LogP contribution is 2.18. The second-order valence-corrected chi connectivity index (χ2v) is 7.10. The van der Waals surface area contributed by atoms with E-state index >= 15 is 0 Å². The van der Waals surface area contributed by atoms with E-state index in [1.807, 2.05) is 30.0 Å². The number of aromatic nitrogens is 1. The normalized spacial score (nSPS) is 15.8. The maximum atomic E-state index is 5.85. The van der Waals surface area contributed by atoms with Gasteiger partial charge < -0.3 is 22.0 Å². The van der Waals surface area contributed by atoms with Crippen molar-refractivity contribution in [3.05, 3.63) is 23.4 Å². The molecule has 1 aliphatic rings. The van der Waals surface area contributed by atoms with Gasteiger partial charge in [0.05, 0.1) is 24.8 Å². The molecular formula is C13H20Cl2N2OS2. The lowest BCUT2D eigenvalue weighted by Crippen LogP contribution is -3.14. The van der Waals surface area contributed by atoms with E-state index in [0.717, 1.165) is 24.0 Å². The van der Waals surface area contributed by atoms with Gasteiger partial charge in [0.15, 0.2) is 0 Å². The highest BCUT2D eigenvalue weighted by atomic mass is 35.5. The van der Waals surface area contributed by atoms with Crippen LogP contribution in [-0.2, 0) is 4.74 Å². The Balaban J connectivity index is 0.00000200. The highest BCUT2D eigenvalue weighted by Gasteiger charge is 2.12. The lowest BCUT2D eigenvalue weighted by atomic mass is 10.4. The van der Waals surface area contributed by atoms with Crippen LogP contribution in [0.15, 0.2) is 23.2 Å². The number of thioether (sulfide) groups is 2. The fraction of sp³-hybridized carbons (Fsp3) is 0.615. The molecule has 2 rings (SSSR count). The first-order valence-corrected chi connectivity index (χ1v) is 9.11. The van der Waals surface area contributed by atoms with E-state index in [9.17, 15) is 0 Å². The van der Waals surface area contributed by atoms with E-state index in [0.29, 0.717) is 5.15 Å². The molecule has 20 heavy (non-hydrogen) atoms. The first kappa shape index (κ1) is 18.4. The number of hydrogen-bond donors (Lipinski definition) is 1. The SMILES string of the molecule is Clc1cccc(SCCSCC[NH+]2CCOCC2)n1.[Cl-]. The summed E-state index contributed by atoms with van der Waals surface area (Å²) >= 11 is 9.66. The summed E-state index contributed by atoms with van der Waals surface area (Å²) in [5, 5.41) is 1.60. The third-order valence-electron chi connectivity index (χ3n) is 2.97. The Morgan fingerprint density at radius 3 is 2.75 bits per heavy atom. The summed E-state index contributed by atoms with van der Waals surface area (Å²) in [5.74, 6) is 3.50. The summed E-state index contributed by atoms with van der Waals surface area (Å²) in [6.45, 7) is 5.45. The maximum absolute atomic E-state index is 5.85. The molecule has 1 aromatic heterocycles. The molecule has 1 fully saturated rings. The molecule has 3 nitrogen and oxygen atoms in total. The predicted molar refractivity (Wildman–Crippen MR) is 83.7 cm³/mol. The fourth-order valence-electron chi connectivity index (χ4n) is 1.90. The van der Waals surface area contributed by atoms with Crippen molar-refractivity contribution in [1.82, 2.24) is 4.98 Å². The van der Waals surface area contributed by atoms with Gasteiger partial charge in [-0.25, -0.2) is 4.98 Å². The Labute approximate surface area is 140 Å². The Kier molecular flexibility index (Phi) is 10.1. The van der Waals surface area contributed by atoms with Crippen molar-refractivity contribution in [2.75, 3.05) is 50.1 Å². The van der Waals surface area contributed by atoms with Crippen LogP contribution in [0.4, 0.5) is 0 Å². The molecule has 1 N–H and O–H groups in total. The van der Waals surface area contributed by atoms with Gasteiger partial charge >= 0.3 is 0 Å². The van der Waals surface area contributed by atoms with Crippen molar-refractivity contribution in [2.45, 2.75) is 5.03 Å². The van der Waals surface area contributed by atoms with Gasteiger partial charge in [0.1, 0.15) is 18.2 Å². The van der Waals surface area contributed by atoms with E-state index in [2.05, 4.69) is 4.98 Å². The molecule has 1 saturated heterocycles. The molecule has 0 aromatic carbocycles. The molecular weight excluding hydrogens is 335 g/mol. The summed E-state index contributed by atoms with van der Waals surface area (Å²) in [6.07, 6.45) is 0. The third-order valence-corrected chi connectivity index (χ3v) is 5.35. The van der Waals surface area contributed by atoms with Gasteiger partial charge in [0.2, 0.25) is 0 Å². The van der Waals surface area contributed by atoms with Crippen LogP contribution in [-0.4, -0.2) is 55.1 Å². The molecule has 0 spiro atoms. The van der Waals surface area contributed by atoms with Crippen LogP contribution in [0.1, 0.15) is 0 Å². The Morgan fingerprint density at radius 2 is 2.00 bits per heavy atom. The summed E-state index contributed by atoms with van der Waals surface area (Å²) < 4.78 is 5.35. The summed E-state index contributed by atoms with van der Waals surface area (Å²) in [7, 11) is 0. The van der Waals surface area contributed by atoms with Crippen LogP contribution in [0.5, 0.6) is 0 Å². The number of pyridine rings is 1. The number of morpholine rings is 1. The second-order valence-electron chi connectivity index (χ2n) is 4.37. The summed E-state index contributed by atoms with van der Waals surface area (Å²) in [5.41, 5.74) is 0. The molecule has 0 unspecified atom stereocenters. The van der Waals surface area contributed by atoms with Gasteiger partial charge in [-0.1, -0.05) is 17.7 Å². The van der Waals surface area contributed by atoms with Gasteiger partial charge in [-0.2, -0.15) is 11.8 Å². The van der Waals surface area contributed by atoms with Crippen LogP contribution in [0.2, 0.25) is 5.15 Å². The molecule has 2 heterocycles. The van der Waals surface area contributed by atoms with Gasteiger partial charge in [0.25, 0.3) is 0 Å². The van der Waals surface area contributed by atoms with Crippen molar-refractivity contribution >= 4 is 35.1 Å². The Morgan fingerprint density at radius 1 is 1.20 bits per heavy atom. The van der Waals surface area contributed by atoms with Crippen molar-refractivity contribution in [3.63, 3.8) is 0 Å². The molecule has 7 heteroatoms. The van der Waals surface area contributed by atoms with Crippen molar-refractivity contribution in [3.8, 4) is 0 Å². The number of nitrogens with zero attached hydrogens (tertiary/aromatic N) is 1. The van der Waals surface area contributed by atoms with E-state index in [-0.39, 0.29) is 12.4 Å². The minimum Gasteiger partial charge on any atom is -1.00 e. The number of rotatable bonds is 7. The molecule has 1 aromatic rings. The largest absolute Gasteiger partial charge is 1.00 e. The Bertz CT molecular complexity index is 379. The molecule has 0 bridgehead atoms. The molecule has 0 amide bonds. The fourth-order valence-corrected chi connectivity index (χ4v) is 4.11. The monoisotopic (exact) mass is 354 g/mol. The first-order valence-electron chi connectivity index (χ1n) is 6.59. The number of nitrogens with one attached hydrogen (secondary N) is 1. The van der Waals surface area contributed by atoms with Crippen molar-refractivity contribution < 1.29 is 22.0 Å². The zero-order valence-corrected chi connectivity index (χ0v) is 14.5. The second kappa shape index (κ2) is 11.0. The summed E-state index contributed by atoms with van der Waals surface area (Å²) in [4.78, 5) is 5.95. The molecule has 0 atom stereocenters. The average molecular weight is 355 g/mol. The van der Waals surface area contributed by atoms with E-state index < -0.39 is 0 Å². The maximum Gasteiger partial charge on any atom is 0.130 e. The number of ether oxygens (including phenoxy) is 1. The number of halogens is 2. The van der Waals surface area contributed by atoms with Crippen LogP contribution in [0, 0.1) is 0 Å². The molecule has 1 aliphatic heterocycles. The summed E-state index contributed by atoms with van der Waals surface area (Å²) in [6, 6.07) is 5.77. The minimum atomic E-state index is 0. The van der Waals surface area contributed by atoms with Crippen LogP contribution < -0.4 is 17.3 Å². The van der Waals surface area contributed by atoms with E-state index in [4.69, 9.17) is 16.3 Å². The van der Waals surface area contributed by atoms with E-state index in [1.165, 1.54) is 31.1 Å². The highest BCUT2D eigenvalue weighted by molar-refractivity contribution is 8.02. The van der Waals surface area contributed by atoms with Crippen molar-refractivity contribution in [1.29, 1.82) is 0 Å². The molecule has 0 saturated carbocycles. The smallest absolute Gasteiger partial charge is 0.130 e. The van der Waals surface area contributed by atoms with Crippen LogP contribution >= 0.6 is 35.1 Å². The van der Waals surface area contributed by atoms with Gasteiger partial charge in [-0.3, -0.25) is 0 Å². The zero-order chi connectivity index (χ0) is 13.3. The lowest BCUT2D eigenvalue weighted by Gasteiger charge is -2.23. The van der Waals surface area contributed by atoms with E-state index in [1.54, 1.807) is 16.7 Å². The topological polar surface area (TPSA) is 26.6 Å². The van der Waals surface area contributed by atoms with Crippen molar-refractivity contribution in [2.24, 2.45) is 0 Å². The standard InChI is InChI=1S/C13H19ClN2OS2.ClH/c14-12-2-1-3-13(15-12)19-11-10-18-9-6-16-4-7-17-8-5-16;/h1-3H,4-11H2;1H. The third kappa shape index (κ3) is 7.38. The van der Waals surface area contributed by atoms with Gasteiger partial charge in [-0.15, -0.1) is 11.8 Å². The lowest BCUT2D eigenvalue weighted by molar-refractivity contribution is -0.905. The minimum absolute atomic E-state index is 0. The van der Waals surface area contributed by atoms with Crippen LogP contribution in [0.3, 0.4) is 0 Å². The van der Waals surface area contributed by atoms with Gasteiger partial charge in [0, 0.05) is 17.3 Å². The first-order chi connectivity index (χ1) is 9.34. The zero-order valence-electron chi connectivity index (χ0n) is 11.3. The molecule has 114 valence electrons. The number of hydrogen-bond acceptors (Lipinski definition) is 4. The quantitative estimate of drug-likeness (QED) is 0.365. The van der Waals surface area contributed by atoms with Gasteiger partial charge in [-0.05, 0) is 12.1 Å². The molecule has 0 aliphatic carbocycles.